The highest BCUT2D eigenvalue weighted by Crippen LogP contribution is 2.57. The van der Waals surface area contributed by atoms with E-state index in [1.54, 1.807) is 0 Å². The summed E-state index contributed by atoms with van der Waals surface area (Å²) in [6, 6.07) is 124. The molecule has 0 spiro atoms. The van der Waals surface area contributed by atoms with E-state index in [4.69, 9.17) is 4.42 Å². The van der Waals surface area contributed by atoms with Crippen LogP contribution in [0.4, 0.5) is 0 Å². The second-order valence-corrected chi connectivity index (χ2v) is 37.3. The van der Waals surface area contributed by atoms with Crippen LogP contribution < -0.4 is 0 Å². The molecule has 0 atom stereocenters. The predicted molar refractivity (Wildman–Crippen MR) is 546 cm³/mol. The summed E-state index contributed by atoms with van der Waals surface area (Å²) in [5, 5.41) is 15.3. The van der Waals surface area contributed by atoms with Gasteiger partial charge in [0.25, 0.3) is 0 Å². The Morgan fingerprint density at radius 2 is 0.603 bits per heavy atom. The van der Waals surface area contributed by atoms with Crippen LogP contribution in [-0.2, 0) is 18.3 Å². The average Bonchev–Trinajstić information content (AvgIpc) is 1.54. The monoisotopic (exact) mass is 1710 g/mol. The predicted octanol–water partition coefficient (Wildman–Crippen LogP) is 31.7. The molecule has 0 bridgehead atoms. The van der Waals surface area contributed by atoms with E-state index in [1.165, 1.54) is 178 Å². The average molecular weight is 1710 g/mol. The maximum absolute atomic E-state index is 6.98. The summed E-state index contributed by atoms with van der Waals surface area (Å²) in [5.74, 6) is 0. The smallest absolute Gasteiger partial charge is 0.145 e. The molecule has 11 heterocycles. The molecule has 0 unspecified atom stereocenters. The molecule has 11 heteroatoms. The molecule has 11 aromatic heterocycles. The van der Waals surface area contributed by atoms with Crippen LogP contribution in [-0.4, -0.2) is 38.6 Å². The number of nitrogens with zero attached hydrogens (tertiary/aromatic N) is 8. The third kappa shape index (κ3) is 11.6. The van der Waals surface area contributed by atoms with Crippen LogP contribution in [0.15, 0.2) is 406 Å². The third-order valence-corrected chi connectivity index (χ3v) is 30.4. The maximum Gasteiger partial charge on any atom is 0.145 e. The van der Waals surface area contributed by atoms with Crippen molar-refractivity contribution < 1.29 is 4.42 Å². The van der Waals surface area contributed by atoms with Gasteiger partial charge in [-0.15, -0.1) is 22.7 Å². The summed E-state index contributed by atoms with van der Waals surface area (Å²) in [5.41, 5.74) is 40.5. The Hall–Kier alpha value is -16.3. The van der Waals surface area contributed by atoms with Gasteiger partial charge in [0, 0.05) is 179 Å². The first kappa shape index (κ1) is 74.9. The lowest BCUT2D eigenvalue weighted by Crippen LogP contribution is -2.14. The van der Waals surface area contributed by atoms with Gasteiger partial charge in [0.1, 0.15) is 11.2 Å². The largest absolute Gasteiger partial charge is 0.455 e. The third-order valence-electron chi connectivity index (χ3n) is 27.9. The van der Waals surface area contributed by atoms with Crippen molar-refractivity contribution in [3.63, 3.8) is 0 Å². The normalized spacial score (nSPS) is 12.8. The fourth-order valence-corrected chi connectivity index (χ4v) is 24.8. The first-order valence-corrected chi connectivity index (χ1v) is 46.3. The van der Waals surface area contributed by atoms with Crippen LogP contribution >= 0.6 is 22.7 Å². The van der Waals surface area contributed by atoms with Crippen molar-refractivity contribution in [2.45, 2.75) is 32.1 Å². The molecule has 3 aliphatic carbocycles. The summed E-state index contributed by atoms with van der Waals surface area (Å²) in [4.78, 5) is 21.3. The lowest BCUT2D eigenvalue weighted by molar-refractivity contribution is 0.661. The van der Waals surface area contributed by atoms with Crippen molar-refractivity contribution in [3.05, 3.63) is 435 Å². The molecule has 614 valence electrons. The van der Waals surface area contributed by atoms with E-state index < -0.39 is 0 Å². The van der Waals surface area contributed by atoms with E-state index in [9.17, 15) is 0 Å². The van der Waals surface area contributed by atoms with Crippen molar-refractivity contribution in [3.8, 4) is 106 Å². The summed E-state index contributed by atoms with van der Waals surface area (Å²) in [6.07, 6.45) is 20.5. The highest BCUT2D eigenvalue weighted by molar-refractivity contribution is 7.28. The number of benzene rings is 15. The van der Waals surface area contributed by atoms with Gasteiger partial charge in [0.15, 0.2) is 0 Å². The van der Waals surface area contributed by atoms with Gasteiger partial charge < -0.3 is 18.1 Å². The number of furan rings is 1. The fourth-order valence-electron chi connectivity index (χ4n) is 22.0. The molecule has 0 radical (unpaired) electrons. The van der Waals surface area contributed by atoms with E-state index in [2.05, 4.69) is 392 Å². The summed E-state index contributed by atoms with van der Waals surface area (Å²) >= 11 is 3.92. The molecule has 0 saturated carbocycles. The Bertz CT molecular complexity index is 8780. The number of para-hydroxylation sites is 3. The Morgan fingerprint density at radius 3 is 1.11 bits per heavy atom. The first-order chi connectivity index (χ1) is 64.7. The fraction of sp³-hybridized carbons (Fsp3) is 0.0417. The Kier molecular flexibility index (Phi) is 16.8. The highest BCUT2D eigenvalue weighted by Gasteiger charge is 2.38. The minimum atomic E-state index is 0.00146. The number of rotatable bonds is 8. The minimum Gasteiger partial charge on any atom is -0.455 e. The molecule has 3 aliphatic rings. The number of pyridine rings is 5. The van der Waals surface area contributed by atoms with Crippen LogP contribution in [0.5, 0.6) is 0 Å². The van der Waals surface area contributed by atoms with Gasteiger partial charge in [0.2, 0.25) is 0 Å². The Morgan fingerprint density at radius 1 is 0.237 bits per heavy atom. The van der Waals surface area contributed by atoms with Crippen molar-refractivity contribution in [2.24, 2.45) is 0 Å². The molecule has 29 rings (SSSR count). The van der Waals surface area contributed by atoms with Gasteiger partial charge in [-0.1, -0.05) is 202 Å². The zero-order valence-corrected chi connectivity index (χ0v) is 73.0. The number of thiophene rings is 2. The first-order valence-electron chi connectivity index (χ1n) is 44.7. The van der Waals surface area contributed by atoms with Crippen LogP contribution in [0, 0.1) is 0 Å². The molecular formula is C120H76N8OS2. The minimum absolute atomic E-state index is 0.00146. The maximum atomic E-state index is 6.98. The van der Waals surface area contributed by atoms with Crippen LogP contribution in [0.1, 0.15) is 47.2 Å². The molecular weight excluding hydrogens is 1630 g/mol. The molecule has 0 amide bonds. The van der Waals surface area contributed by atoms with Crippen LogP contribution in [0.2, 0.25) is 0 Å². The number of fused-ring (bicyclic) bond motifs is 33. The van der Waals surface area contributed by atoms with Crippen molar-refractivity contribution in [1.29, 1.82) is 0 Å². The van der Waals surface area contributed by atoms with E-state index in [0.29, 0.717) is 0 Å². The van der Waals surface area contributed by atoms with Gasteiger partial charge in [0.05, 0.1) is 38.5 Å². The van der Waals surface area contributed by atoms with Gasteiger partial charge >= 0.3 is 0 Å². The number of hydrogen-bond acceptors (Lipinski definition) is 8. The topological polar surface area (TPSA) is 92.4 Å². The molecule has 131 heavy (non-hydrogen) atoms. The van der Waals surface area contributed by atoms with Crippen LogP contribution in [0.3, 0.4) is 0 Å². The zero-order valence-electron chi connectivity index (χ0n) is 71.3. The van der Waals surface area contributed by atoms with Gasteiger partial charge in [-0.3, -0.25) is 24.9 Å². The van der Waals surface area contributed by atoms with E-state index in [1.807, 2.05) is 84.6 Å². The Labute approximate surface area is 761 Å². The second kappa shape index (κ2) is 29.4. The lowest BCUT2D eigenvalue weighted by atomic mass is 9.82. The number of hydrogen-bond donors (Lipinski definition) is 0. The molecule has 0 saturated heterocycles. The molecule has 0 fully saturated rings. The highest BCUT2D eigenvalue weighted by atomic mass is 32.1. The van der Waals surface area contributed by atoms with E-state index in [0.717, 1.165) is 102 Å². The molecule has 0 aliphatic heterocycles. The van der Waals surface area contributed by atoms with Crippen LogP contribution in [0.25, 0.3) is 234 Å². The standard InChI is InChI=1S/C41H25N3O.C41H25N3S.C38H26N2S/c2*1-2-6-32-27(5-1)21-28-9-10-33-34-11-12-37-39(41(34)45-40(33)38(28)32)35-7-3-4-8-36(35)44(37)31-23-29(25-13-17-42-18-14-25)22-30(24-31)26-15-19-43-20-16-26;1-38(2)30-12-5-3-10-28(30)34-31(38)16-14-26-27-15-17-33-35(37(27)41-36(26)34)29-11-4-6-13-32(29)40(33)25-9-7-8-24(22-25)23-18-20-39-21-19-23/h2*1-20,22-24H,21H2;3-22H,1-2H3. The van der Waals surface area contributed by atoms with Crippen molar-refractivity contribution >= 4 is 150 Å². The molecule has 0 N–H and O–H groups in total. The lowest BCUT2D eigenvalue weighted by Gasteiger charge is -2.21. The summed E-state index contributed by atoms with van der Waals surface area (Å²) in [6.45, 7) is 4.73. The van der Waals surface area contributed by atoms with Gasteiger partial charge in [-0.2, -0.15) is 0 Å². The van der Waals surface area contributed by atoms with Crippen molar-refractivity contribution in [1.82, 2.24) is 38.6 Å². The van der Waals surface area contributed by atoms with E-state index in [-0.39, 0.29) is 5.41 Å². The Balaban J connectivity index is 0.000000101. The number of aromatic nitrogens is 8. The molecule has 15 aromatic carbocycles. The second-order valence-electron chi connectivity index (χ2n) is 35.3. The summed E-state index contributed by atoms with van der Waals surface area (Å²) in [7, 11) is 0. The van der Waals surface area contributed by atoms with E-state index >= 15 is 0 Å². The quantitative estimate of drug-likeness (QED) is 0.150. The van der Waals surface area contributed by atoms with Gasteiger partial charge in [-0.25, -0.2) is 0 Å². The SMILES string of the molecule is CC1(C)c2ccccc2-c2c1ccc1c2sc2c1ccc1c2c2ccccc2n1-c1cccc(-c2ccncc2)c1.c1ccc2c(c1)Cc1ccc3c(oc4c3ccc3c4c4ccccc4n3-c3cc(-c4ccncc4)cc(-c4ccncc4)c3)c1-2.c1ccc2c(c1)Cc1ccc3c(sc4c3ccc3c4c4ccccc4n3-c3cc(-c4ccncc4)cc(-c4ccncc4)c3)c1-2. The molecule has 9 nitrogen and oxygen atoms in total. The van der Waals surface area contributed by atoms with Crippen molar-refractivity contribution in [2.75, 3.05) is 0 Å². The summed E-state index contributed by atoms with van der Waals surface area (Å²) < 4.78 is 19.8. The van der Waals surface area contributed by atoms with Gasteiger partial charge in [-0.05, 0) is 270 Å². The zero-order chi connectivity index (χ0) is 86.3. The molecule has 26 aromatic rings.